The predicted molar refractivity (Wildman–Crippen MR) is 118 cm³/mol. The molecule has 0 aliphatic heterocycles. The van der Waals surface area contributed by atoms with Gasteiger partial charge in [0.25, 0.3) is 0 Å². The van der Waals surface area contributed by atoms with E-state index < -0.39 is 11.2 Å². The fourth-order valence-corrected chi connectivity index (χ4v) is 4.23. The van der Waals surface area contributed by atoms with Crippen molar-refractivity contribution in [3.05, 3.63) is 93.1 Å². The molecule has 1 heterocycles. The van der Waals surface area contributed by atoms with Crippen LogP contribution in [-0.4, -0.2) is 16.1 Å². The van der Waals surface area contributed by atoms with Gasteiger partial charge in [-0.3, -0.25) is 0 Å². The van der Waals surface area contributed by atoms with Crippen LogP contribution in [0.25, 0.3) is 33.0 Å². The number of carboxylic acids is 1. The zero-order valence-corrected chi connectivity index (χ0v) is 16.9. The molecule has 2 N–H and O–H groups in total. The highest BCUT2D eigenvalue weighted by Gasteiger charge is 2.18. The summed E-state index contributed by atoms with van der Waals surface area (Å²) in [7, 11) is 0. The molecule has 0 saturated carbocycles. The standard InChI is InChI=1S/C22H14ClN2O4S/c23-18-7-3-1-6-16(18)19-12-30-21(24-19)13-9-10-14(17(11-13)22(26)27)15-5-2-4-8-20(15)25(28)29/h1-12,25H,(H,26,27)/q-1. The Kier molecular flexibility index (Phi) is 5.63. The number of benzene rings is 3. The monoisotopic (exact) mass is 437 g/mol. The lowest BCUT2D eigenvalue weighted by Gasteiger charge is -2.27. The average molecular weight is 438 g/mol. The SMILES string of the molecule is O=C(O)c1cc(-c2nc(-c3ccccc3Cl)cs2)ccc1-c1ccccc1[NH+]([O-])[O-]. The van der Waals surface area contributed by atoms with Crippen molar-refractivity contribution < 1.29 is 15.1 Å². The van der Waals surface area contributed by atoms with Crippen molar-refractivity contribution in [1.82, 2.24) is 4.98 Å². The van der Waals surface area contributed by atoms with Gasteiger partial charge in [0.2, 0.25) is 0 Å². The van der Waals surface area contributed by atoms with Crippen molar-refractivity contribution in [2.24, 2.45) is 0 Å². The van der Waals surface area contributed by atoms with Crippen LogP contribution in [0.1, 0.15) is 10.4 Å². The minimum absolute atomic E-state index is 0.0179. The first-order valence-corrected chi connectivity index (χ1v) is 10.1. The highest BCUT2D eigenvalue weighted by atomic mass is 35.5. The number of carbonyl (C=O) groups is 1. The number of quaternary nitrogens is 1. The fourth-order valence-electron chi connectivity index (χ4n) is 3.18. The molecule has 30 heavy (non-hydrogen) atoms. The maximum atomic E-state index is 11.9. The fraction of sp³-hybridized carbons (Fsp3) is 0. The van der Waals surface area contributed by atoms with Gasteiger partial charge in [-0.15, -0.1) is 11.3 Å². The van der Waals surface area contributed by atoms with Crippen molar-refractivity contribution in [3.63, 3.8) is 0 Å². The average Bonchev–Trinajstić information content (AvgIpc) is 3.23. The van der Waals surface area contributed by atoms with Crippen LogP contribution in [0.5, 0.6) is 0 Å². The molecular formula is C22H14ClN2O4S-. The molecule has 4 rings (SSSR count). The summed E-state index contributed by atoms with van der Waals surface area (Å²) in [5, 5.41) is 34.4. The van der Waals surface area contributed by atoms with Gasteiger partial charge in [0.05, 0.1) is 11.3 Å². The van der Waals surface area contributed by atoms with Crippen LogP contribution in [-0.2, 0) is 0 Å². The number of thiazole rings is 1. The molecule has 8 heteroatoms. The van der Waals surface area contributed by atoms with Gasteiger partial charge in [0.15, 0.2) is 0 Å². The highest BCUT2D eigenvalue weighted by Crippen LogP contribution is 2.35. The minimum atomic E-state index is -1.37. The zero-order chi connectivity index (χ0) is 21.3. The quantitative estimate of drug-likeness (QED) is 0.427. The molecule has 0 saturated heterocycles. The van der Waals surface area contributed by atoms with Gasteiger partial charge in [0.1, 0.15) is 10.7 Å². The van der Waals surface area contributed by atoms with E-state index in [-0.39, 0.29) is 16.8 Å². The van der Waals surface area contributed by atoms with Gasteiger partial charge in [-0.25, -0.2) is 9.78 Å². The van der Waals surface area contributed by atoms with Gasteiger partial charge in [0, 0.05) is 38.7 Å². The molecule has 0 amide bonds. The summed E-state index contributed by atoms with van der Waals surface area (Å²) in [5.74, 6) is -1.16. The molecule has 0 spiro atoms. The number of hydrogen-bond acceptors (Lipinski definition) is 5. The van der Waals surface area contributed by atoms with Crippen LogP contribution in [0.4, 0.5) is 5.69 Å². The van der Waals surface area contributed by atoms with E-state index in [1.54, 1.807) is 36.4 Å². The summed E-state index contributed by atoms with van der Waals surface area (Å²) in [5.41, 5.74) is 2.61. The number of hydrogen-bond donors (Lipinski definition) is 2. The number of aromatic nitrogens is 1. The molecular weight excluding hydrogens is 424 g/mol. The normalized spacial score (nSPS) is 11.1. The van der Waals surface area contributed by atoms with Crippen molar-refractivity contribution in [3.8, 4) is 33.0 Å². The van der Waals surface area contributed by atoms with Crippen molar-refractivity contribution in [1.29, 1.82) is 0 Å². The zero-order valence-electron chi connectivity index (χ0n) is 15.3. The summed E-state index contributed by atoms with van der Waals surface area (Å²) in [6.07, 6.45) is 0. The Balaban J connectivity index is 1.79. The first kappa shape index (κ1) is 20.2. The van der Waals surface area contributed by atoms with Gasteiger partial charge in [-0.2, -0.15) is 0 Å². The third kappa shape index (κ3) is 3.85. The Morgan fingerprint density at radius 3 is 2.37 bits per heavy atom. The molecule has 0 bridgehead atoms. The first-order valence-electron chi connectivity index (χ1n) is 8.84. The Labute approximate surface area is 180 Å². The van der Waals surface area contributed by atoms with Crippen molar-refractivity contribution in [2.45, 2.75) is 0 Å². The molecule has 4 aromatic rings. The third-order valence-electron chi connectivity index (χ3n) is 4.59. The lowest BCUT2D eigenvalue weighted by atomic mass is 9.96. The minimum Gasteiger partial charge on any atom is -0.628 e. The molecule has 0 radical (unpaired) electrons. The van der Waals surface area contributed by atoms with Gasteiger partial charge < -0.3 is 20.7 Å². The Hall–Kier alpha value is -3.07. The maximum absolute atomic E-state index is 11.9. The maximum Gasteiger partial charge on any atom is 0.336 e. The summed E-state index contributed by atoms with van der Waals surface area (Å²) in [6, 6.07) is 18.3. The van der Waals surface area contributed by atoms with Gasteiger partial charge in [-0.1, -0.05) is 54.1 Å². The largest absolute Gasteiger partial charge is 0.628 e. The van der Waals surface area contributed by atoms with Gasteiger partial charge >= 0.3 is 5.97 Å². The second-order valence-electron chi connectivity index (χ2n) is 6.42. The van der Waals surface area contributed by atoms with Crippen LogP contribution in [0.15, 0.2) is 72.1 Å². The topological polar surface area (TPSA) is 101 Å². The second-order valence-corrected chi connectivity index (χ2v) is 7.68. The van der Waals surface area contributed by atoms with Crippen LogP contribution in [0, 0.1) is 10.4 Å². The molecule has 3 aromatic carbocycles. The lowest BCUT2D eigenvalue weighted by Crippen LogP contribution is -2.96. The van der Waals surface area contributed by atoms with E-state index in [2.05, 4.69) is 4.98 Å². The Bertz CT molecular complexity index is 1240. The molecule has 0 aliphatic rings. The van der Waals surface area contributed by atoms with E-state index in [0.717, 1.165) is 5.56 Å². The van der Waals surface area contributed by atoms with E-state index in [1.807, 2.05) is 23.6 Å². The van der Waals surface area contributed by atoms with E-state index in [0.29, 0.717) is 26.9 Å². The molecule has 150 valence electrons. The number of aromatic carboxylic acids is 1. The first-order chi connectivity index (χ1) is 14.5. The molecule has 1 aromatic heterocycles. The number of carboxylic acid groups (broad SMARTS) is 1. The molecule has 0 atom stereocenters. The van der Waals surface area contributed by atoms with E-state index >= 15 is 0 Å². The summed E-state index contributed by atoms with van der Waals surface area (Å²) in [4.78, 5) is 16.5. The van der Waals surface area contributed by atoms with Crippen molar-refractivity contribution in [2.75, 3.05) is 0 Å². The molecule has 0 aliphatic carbocycles. The second kappa shape index (κ2) is 8.35. The third-order valence-corrected chi connectivity index (χ3v) is 5.81. The van der Waals surface area contributed by atoms with E-state index in [4.69, 9.17) is 11.6 Å². The summed E-state index contributed by atoms with van der Waals surface area (Å²) < 4.78 is 0. The smallest absolute Gasteiger partial charge is 0.336 e. The van der Waals surface area contributed by atoms with Crippen molar-refractivity contribution >= 4 is 34.6 Å². The molecule has 6 nitrogen and oxygen atoms in total. The number of nitrogens with zero attached hydrogens (tertiary/aromatic N) is 1. The number of nitrogens with one attached hydrogen (secondary N) is 1. The van der Waals surface area contributed by atoms with Gasteiger partial charge in [-0.05, 0) is 18.2 Å². The molecule has 0 fully saturated rings. The predicted octanol–water partition coefficient (Wildman–Crippen LogP) is 5.01. The van der Waals surface area contributed by atoms with Crippen LogP contribution in [0.2, 0.25) is 5.02 Å². The van der Waals surface area contributed by atoms with Crippen LogP contribution < -0.4 is 5.23 Å². The Morgan fingerprint density at radius 1 is 0.967 bits per heavy atom. The van der Waals surface area contributed by atoms with Crippen LogP contribution >= 0.6 is 22.9 Å². The van der Waals surface area contributed by atoms with E-state index in [1.165, 1.54) is 23.5 Å². The summed E-state index contributed by atoms with van der Waals surface area (Å²) >= 11 is 7.61. The number of halogens is 1. The lowest BCUT2D eigenvalue weighted by molar-refractivity contribution is -0.714. The highest BCUT2D eigenvalue weighted by molar-refractivity contribution is 7.13. The number of rotatable bonds is 5. The molecule has 0 unspecified atom stereocenters. The Morgan fingerprint density at radius 2 is 1.67 bits per heavy atom. The summed E-state index contributed by atoms with van der Waals surface area (Å²) in [6.45, 7) is 0. The van der Waals surface area contributed by atoms with Crippen LogP contribution in [0.3, 0.4) is 0 Å². The van der Waals surface area contributed by atoms with E-state index in [9.17, 15) is 20.3 Å².